The van der Waals surface area contributed by atoms with E-state index in [1.54, 1.807) is 30.6 Å². The molecule has 1 aromatic heterocycles. The van der Waals surface area contributed by atoms with E-state index in [1.165, 1.54) is 6.07 Å². The Hall–Kier alpha value is -2.23. The average molecular weight is 258 g/mol. The van der Waals surface area contributed by atoms with E-state index in [-0.39, 0.29) is 24.2 Å². The minimum absolute atomic E-state index is 0.0390. The normalized spacial score (nSPS) is 11.9. The number of pyridine rings is 1. The highest BCUT2D eigenvalue weighted by atomic mass is 19.1. The van der Waals surface area contributed by atoms with Crippen LogP contribution in [0.15, 0.2) is 48.8 Å². The Morgan fingerprint density at radius 3 is 2.79 bits per heavy atom. The third-order valence-corrected chi connectivity index (χ3v) is 2.87. The summed E-state index contributed by atoms with van der Waals surface area (Å²) in [5, 5.41) is 2.83. The molecule has 0 spiro atoms. The standard InChI is InChI=1S/C15H15FN2O/c1-11(13-6-4-8-17-10-13)18-15(19)9-12-5-2-3-7-14(12)16/h2-8,10-11H,9H2,1H3,(H,18,19). The van der Waals surface area contributed by atoms with E-state index >= 15 is 0 Å². The van der Waals surface area contributed by atoms with Crippen LogP contribution in [0.1, 0.15) is 24.1 Å². The lowest BCUT2D eigenvalue weighted by atomic mass is 10.1. The lowest BCUT2D eigenvalue weighted by Crippen LogP contribution is -2.28. The summed E-state index contributed by atoms with van der Waals surface area (Å²) < 4.78 is 13.4. The summed E-state index contributed by atoms with van der Waals surface area (Å²) in [6.45, 7) is 1.87. The van der Waals surface area contributed by atoms with E-state index in [4.69, 9.17) is 0 Å². The molecule has 0 radical (unpaired) electrons. The van der Waals surface area contributed by atoms with Crippen molar-refractivity contribution in [3.05, 3.63) is 65.7 Å². The first-order valence-electron chi connectivity index (χ1n) is 6.09. The fourth-order valence-corrected chi connectivity index (χ4v) is 1.82. The van der Waals surface area contributed by atoms with Crippen molar-refractivity contribution in [2.45, 2.75) is 19.4 Å². The largest absolute Gasteiger partial charge is 0.349 e. The van der Waals surface area contributed by atoms with Crippen LogP contribution in [0, 0.1) is 5.82 Å². The summed E-state index contributed by atoms with van der Waals surface area (Å²) in [7, 11) is 0. The molecule has 0 aliphatic rings. The van der Waals surface area contributed by atoms with Gasteiger partial charge in [-0.25, -0.2) is 4.39 Å². The fraction of sp³-hybridized carbons (Fsp3) is 0.200. The zero-order valence-corrected chi connectivity index (χ0v) is 10.6. The number of hydrogen-bond acceptors (Lipinski definition) is 2. The second-order valence-corrected chi connectivity index (χ2v) is 4.34. The zero-order valence-electron chi connectivity index (χ0n) is 10.6. The summed E-state index contributed by atoms with van der Waals surface area (Å²) in [6.07, 6.45) is 3.42. The van der Waals surface area contributed by atoms with Gasteiger partial charge in [0.25, 0.3) is 0 Å². The molecule has 2 rings (SSSR count). The van der Waals surface area contributed by atoms with Crippen LogP contribution in [0.4, 0.5) is 4.39 Å². The summed E-state index contributed by atoms with van der Waals surface area (Å²) in [5.74, 6) is -0.562. The second kappa shape index (κ2) is 6.09. The van der Waals surface area contributed by atoms with Gasteiger partial charge in [-0.2, -0.15) is 0 Å². The van der Waals surface area contributed by atoms with E-state index in [0.29, 0.717) is 5.56 Å². The van der Waals surface area contributed by atoms with Gasteiger partial charge >= 0.3 is 0 Å². The molecule has 0 aliphatic carbocycles. The number of aromatic nitrogens is 1. The number of rotatable bonds is 4. The monoisotopic (exact) mass is 258 g/mol. The lowest BCUT2D eigenvalue weighted by Gasteiger charge is -2.14. The molecule has 1 unspecified atom stereocenters. The van der Waals surface area contributed by atoms with Crippen LogP contribution in [-0.4, -0.2) is 10.9 Å². The van der Waals surface area contributed by atoms with Crippen molar-refractivity contribution in [3.8, 4) is 0 Å². The van der Waals surface area contributed by atoms with E-state index in [1.807, 2.05) is 19.1 Å². The van der Waals surface area contributed by atoms with Gasteiger partial charge in [0.1, 0.15) is 5.82 Å². The van der Waals surface area contributed by atoms with Gasteiger partial charge in [-0.3, -0.25) is 9.78 Å². The number of carbonyl (C=O) groups excluding carboxylic acids is 1. The molecule has 19 heavy (non-hydrogen) atoms. The first kappa shape index (κ1) is 13.2. The van der Waals surface area contributed by atoms with Crippen LogP contribution in [0.3, 0.4) is 0 Å². The van der Waals surface area contributed by atoms with Crippen molar-refractivity contribution < 1.29 is 9.18 Å². The summed E-state index contributed by atoms with van der Waals surface area (Å²) in [5.41, 5.74) is 1.32. The molecule has 0 fully saturated rings. The number of halogens is 1. The molecule has 1 N–H and O–H groups in total. The van der Waals surface area contributed by atoms with Crippen molar-refractivity contribution in [2.24, 2.45) is 0 Å². The molecule has 0 bridgehead atoms. The van der Waals surface area contributed by atoms with E-state index in [2.05, 4.69) is 10.3 Å². The molecule has 2 aromatic rings. The third kappa shape index (κ3) is 3.61. The van der Waals surface area contributed by atoms with Gasteiger partial charge in [0.15, 0.2) is 0 Å². The maximum atomic E-state index is 13.4. The predicted octanol–water partition coefficient (Wildman–Crippen LogP) is 2.64. The number of benzene rings is 1. The molecule has 4 heteroatoms. The molecule has 1 heterocycles. The molecule has 0 saturated carbocycles. The van der Waals surface area contributed by atoms with E-state index in [0.717, 1.165) is 5.56 Å². The maximum absolute atomic E-state index is 13.4. The molecule has 1 aromatic carbocycles. The molecular formula is C15H15FN2O. The van der Waals surface area contributed by atoms with Crippen molar-refractivity contribution in [1.82, 2.24) is 10.3 Å². The Kier molecular flexibility index (Phi) is 4.23. The predicted molar refractivity (Wildman–Crippen MR) is 70.9 cm³/mol. The molecule has 3 nitrogen and oxygen atoms in total. The van der Waals surface area contributed by atoms with E-state index in [9.17, 15) is 9.18 Å². The van der Waals surface area contributed by atoms with Gasteiger partial charge in [-0.05, 0) is 30.2 Å². The number of amides is 1. The maximum Gasteiger partial charge on any atom is 0.225 e. The number of nitrogens with zero attached hydrogens (tertiary/aromatic N) is 1. The quantitative estimate of drug-likeness (QED) is 0.916. The number of nitrogens with one attached hydrogen (secondary N) is 1. The first-order valence-corrected chi connectivity index (χ1v) is 6.09. The van der Waals surface area contributed by atoms with Gasteiger partial charge in [-0.1, -0.05) is 24.3 Å². The van der Waals surface area contributed by atoms with Crippen molar-refractivity contribution >= 4 is 5.91 Å². The molecule has 0 aliphatic heterocycles. The lowest BCUT2D eigenvalue weighted by molar-refractivity contribution is -0.121. The Balaban J connectivity index is 1.97. The Morgan fingerprint density at radius 1 is 1.32 bits per heavy atom. The molecular weight excluding hydrogens is 243 g/mol. The average Bonchev–Trinajstić information content (AvgIpc) is 2.42. The Morgan fingerprint density at radius 2 is 2.11 bits per heavy atom. The van der Waals surface area contributed by atoms with Gasteiger partial charge in [0.2, 0.25) is 5.91 Å². The van der Waals surface area contributed by atoms with Crippen molar-refractivity contribution in [3.63, 3.8) is 0 Å². The van der Waals surface area contributed by atoms with Gasteiger partial charge < -0.3 is 5.32 Å². The minimum atomic E-state index is -0.355. The van der Waals surface area contributed by atoms with Crippen LogP contribution in [0.2, 0.25) is 0 Å². The molecule has 0 saturated heterocycles. The summed E-state index contributed by atoms with van der Waals surface area (Å²) in [4.78, 5) is 15.9. The first-order chi connectivity index (χ1) is 9.16. The van der Waals surface area contributed by atoms with Crippen LogP contribution in [0.25, 0.3) is 0 Å². The van der Waals surface area contributed by atoms with Crippen molar-refractivity contribution in [1.29, 1.82) is 0 Å². The highest BCUT2D eigenvalue weighted by molar-refractivity contribution is 5.79. The topological polar surface area (TPSA) is 42.0 Å². The third-order valence-electron chi connectivity index (χ3n) is 2.87. The number of carbonyl (C=O) groups is 1. The SMILES string of the molecule is CC(NC(=O)Cc1ccccc1F)c1cccnc1. The highest BCUT2D eigenvalue weighted by Crippen LogP contribution is 2.11. The smallest absolute Gasteiger partial charge is 0.225 e. The number of hydrogen-bond donors (Lipinski definition) is 1. The van der Waals surface area contributed by atoms with Crippen molar-refractivity contribution in [2.75, 3.05) is 0 Å². The van der Waals surface area contributed by atoms with Gasteiger partial charge in [0, 0.05) is 12.4 Å². The van der Waals surface area contributed by atoms with E-state index < -0.39 is 0 Å². The fourth-order valence-electron chi connectivity index (χ4n) is 1.82. The Labute approximate surface area is 111 Å². The van der Waals surface area contributed by atoms with Crippen LogP contribution in [-0.2, 0) is 11.2 Å². The van der Waals surface area contributed by atoms with Crippen LogP contribution in [0.5, 0.6) is 0 Å². The second-order valence-electron chi connectivity index (χ2n) is 4.34. The summed E-state index contributed by atoms with van der Waals surface area (Å²) in [6, 6.07) is 9.85. The summed E-state index contributed by atoms with van der Waals surface area (Å²) >= 11 is 0. The van der Waals surface area contributed by atoms with Gasteiger partial charge in [-0.15, -0.1) is 0 Å². The molecule has 1 amide bonds. The highest BCUT2D eigenvalue weighted by Gasteiger charge is 2.11. The van der Waals surface area contributed by atoms with Crippen LogP contribution < -0.4 is 5.32 Å². The van der Waals surface area contributed by atoms with Crippen LogP contribution >= 0.6 is 0 Å². The Bertz CT molecular complexity index is 557. The minimum Gasteiger partial charge on any atom is -0.349 e. The zero-order chi connectivity index (χ0) is 13.7. The van der Waals surface area contributed by atoms with Gasteiger partial charge in [0.05, 0.1) is 12.5 Å². The molecule has 98 valence electrons. The molecule has 1 atom stereocenters.